The molecule has 5 nitrogen and oxygen atoms in total. The molecule has 2 heterocycles. The van der Waals surface area contributed by atoms with Gasteiger partial charge in [0.1, 0.15) is 17.3 Å². The Kier molecular flexibility index (Phi) is 3.96. The molecule has 0 saturated carbocycles. The van der Waals surface area contributed by atoms with Gasteiger partial charge in [0.05, 0.1) is 17.2 Å². The number of ether oxygens (including phenoxy) is 1. The summed E-state index contributed by atoms with van der Waals surface area (Å²) in [5, 5.41) is 9.79. The third-order valence-corrected chi connectivity index (χ3v) is 5.02. The summed E-state index contributed by atoms with van der Waals surface area (Å²) in [6, 6.07) is 17.6. The minimum Gasteiger partial charge on any atom is -0.457 e. The van der Waals surface area contributed by atoms with Crippen LogP contribution in [0.2, 0.25) is 0 Å². The molecule has 1 amide bonds. The largest absolute Gasteiger partial charge is 0.457 e. The fourth-order valence-electron chi connectivity index (χ4n) is 2.66. The standard InChI is InChI=1S/C18H15N3O2S/c22-16-11-24-17(15-10-19-21-18(15)20-16)12-5-4-8-14(9-12)23-13-6-2-1-3-7-13/h1-10,17H,11H2,(H2,19,20,21,22)/t17-/m0/s1. The number of fused-ring (bicyclic) bond motifs is 1. The molecule has 0 aliphatic carbocycles. The number of amides is 1. The number of aromatic nitrogens is 2. The molecule has 24 heavy (non-hydrogen) atoms. The monoisotopic (exact) mass is 337 g/mol. The fourth-order valence-corrected chi connectivity index (χ4v) is 3.75. The summed E-state index contributed by atoms with van der Waals surface area (Å²) < 4.78 is 5.92. The van der Waals surface area contributed by atoms with Crippen molar-refractivity contribution in [1.29, 1.82) is 0 Å². The summed E-state index contributed by atoms with van der Waals surface area (Å²) in [7, 11) is 0. The predicted octanol–water partition coefficient (Wildman–Crippen LogP) is 3.98. The minimum absolute atomic E-state index is 0.0234. The van der Waals surface area contributed by atoms with Gasteiger partial charge in [-0.15, -0.1) is 11.8 Å². The lowest BCUT2D eigenvalue weighted by Crippen LogP contribution is -2.12. The van der Waals surface area contributed by atoms with Gasteiger partial charge in [0.25, 0.3) is 0 Å². The molecule has 120 valence electrons. The maximum Gasteiger partial charge on any atom is 0.235 e. The summed E-state index contributed by atoms with van der Waals surface area (Å²) in [6.45, 7) is 0. The van der Waals surface area contributed by atoms with Gasteiger partial charge in [-0.1, -0.05) is 30.3 Å². The number of anilines is 1. The van der Waals surface area contributed by atoms with E-state index in [0.717, 1.165) is 22.6 Å². The van der Waals surface area contributed by atoms with E-state index in [-0.39, 0.29) is 11.2 Å². The molecule has 0 spiro atoms. The van der Waals surface area contributed by atoms with Crippen LogP contribution in [0.15, 0.2) is 60.8 Å². The van der Waals surface area contributed by atoms with Crippen molar-refractivity contribution in [2.24, 2.45) is 0 Å². The van der Waals surface area contributed by atoms with Crippen molar-refractivity contribution >= 4 is 23.5 Å². The second-order valence-corrected chi connectivity index (χ2v) is 6.52. The molecule has 4 rings (SSSR count). The summed E-state index contributed by atoms with van der Waals surface area (Å²) >= 11 is 1.58. The first-order valence-corrected chi connectivity index (χ1v) is 8.62. The molecule has 1 aliphatic heterocycles. The molecule has 2 aromatic carbocycles. The molecule has 0 fully saturated rings. The highest BCUT2D eigenvalue weighted by atomic mass is 32.2. The van der Waals surface area contributed by atoms with Gasteiger partial charge in [-0.25, -0.2) is 0 Å². The van der Waals surface area contributed by atoms with Crippen LogP contribution in [-0.2, 0) is 4.79 Å². The van der Waals surface area contributed by atoms with Crippen molar-refractivity contribution in [1.82, 2.24) is 10.2 Å². The number of aromatic amines is 1. The smallest absolute Gasteiger partial charge is 0.235 e. The van der Waals surface area contributed by atoms with Gasteiger partial charge in [0, 0.05) is 5.56 Å². The molecule has 0 radical (unpaired) electrons. The van der Waals surface area contributed by atoms with Crippen molar-refractivity contribution in [2.45, 2.75) is 5.25 Å². The second kappa shape index (κ2) is 6.41. The number of carbonyl (C=O) groups is 1. The zero-order valence-corrected chi connectivity index (χ0v) is 13.5. The molecule has 0 saturated heterocycles. The molecule has 1 atom stereocenters. The Bertz CT molecular complexity index is 863. The van der Waals surface area contributed by atoms with Gasteiger partial charge in [0.2, 0.25) is 5.91 Å². The van der Waals surface area contributed by atoms with Crippen LogP contribution in [0.3, 0.4) is 0 Å². The Morgan fingerprint density at radius 1 is 1.08 bits per heavy atom. The van der Waals surface area contributed by atoms with Crippen molar-refractivity contribution in [3.05, 3.63) is 71.9 Å². The molecular formula is C18H15N3O2S. The number of H-pyrrole nitrogens is 1. The number of rotatable bonds is 3. The van der Waals surface area contributed by atoms with E-state index in [2.05, 4.69) is 15.5 Å². The molecule has 0 unspecified atom stereocenters. The summed E-state index contributed by atoms with van der Waals surface area (Å²) in [5.41, 5.74) is 2.05. The Balaban J connectivity index is 1.65. The highest BCUT2D eigenvalue weighted by molar-refractivity contribution is 8.00. The van der Waals surface area contributed by atoms with E-state index < -0.39 is 0 Å². The molecule has 3 aromatic rings. The van der Waals surface area contributed by atoms with E-state index in [1.165, 1.54) is 0 Å². The first-order valence-electron chi connectivity index (χ1n) is 7.57. The Hall–Kier alpha value is -2.73. The number of nitrogens with zero attached hydrogens (tertiary/aromatic N) is 1. The summed E-state index contributed by atoms with van der Waals surface area (Å²) in [4.78, 5) is 11.8. The minimum atomic E-state index is -0.0234. The first-order chi connectivity index (χ1) is 11.8. The number of benzene rings is 2. The van der Waals surface area contributed by atoms with Crippen LogP contribution in [0, 0.1) is 0 Å². The number of para-hydroxylation sites is 1. The van der Waals surface area contributed by atoms with Crippen molar-refractivity contribution in [3.8, 4) is 11.5 Å². The average Bonchev–Trinajstić information content (AvgIpc) is 2.98. The van der Waals surface area contributed by atoms with Crippen LogP contribution in [0.25, 0.3) is 0 Å². The van der Waals surface area contributed by atoms with Crippen LogP contribution >= 0.6 is 11.8 Å². The Labute approximate surface area is 143 Å². The normalized spacial score (nSPS) is 16.8. The lowest BCUT2D eigenvalue weighted by atomic mass is 10.1. The van der Waals surface area contributed by atoms with E-state index in [0.29, 0.717) is 11.6 Å². The lowest BCUT2D eigenvalue weighted by Gasteiger charge is -2.15. The lowest BCUT2D eigenvalue weighted by molar-refractivity contribution is -0.113. The maximum atomic E-state index is 11.8. The van der Waals surface area contributed by atoms with Crippen molar-refractivity contribution in [2.75, 3.05) is 11.1 Å². The number of nitrogens with one attached hydrogen (secondary N) is 2. The number of hydrogen-bond donors (Lipinski definition) is 2. The SMILES string of the molecule is O=C1CS[C@@H](c2cccc(Oc3ccccc3)c2)c2cn[nH]c2N1. The zero-order chi connectivity index (χ0) is 16.4. The number of hydrogen-bond acceptors (Lipinski definition) is 4. The maximum absolute atomic E-state index is 11.8. The van der Waals surface area contributed by atoms with Gasteiger partial charge < -0.3 is 10.1 Å². The Morgan fingerprint density at radius 2 is 1.92 bits per heavy atom. The summed E-state index contributed by atoms with van der Waals surface area (Å²) in [5.74, 6) is 2.61. The molecule has 2 N–H and O–H groups in total. The van der Waals surface area contributed by atoms with Gasteiger partial charge in [0.15, 0.2) is 0 Å². The Morgan fingerprint density at radius 3 is 2.79 bits per heavy atom. The quantitative estimate of drug-likeness (QED) is 0.759. The van der Waals surface area contributed by atoms with E-state index >= 15 is 0 Å². The van der Waals surface area contributed by atoms with Crippen LogP contribution in [0.5, 0.6) is 11.5 Å². The van der Waals surface area contributed by atoms with E-state index in [1.54, 1.807) is 18.0 Å². The first kappa shape index (κ1) is 14.8. The van der Waals surface area contributed by atoms with Crippen LogP contribution < -0.4 is 10.1 Å². The topological polar surface area (TPSA) is 67.0 Å². The molecule has 6 heteroatoms. The summed E-state index contributed by atoms with van der Waals surface area (Å²) in [6.07, 6.45) is 1.77. The average molecular weight is 337 g/mol. The van der Waals surface area contributed by atoms with Gasteiger partial charge in [-0.05, 0) is 29.8 Å². The van der Waals surface area contributed by atoms with Gasteiger partial charge in [-0.3, -0.25) is 9.89 Å². The second-order valence-electron chi connectivity index (χ2n) is 5.43. The highest BCUT2D eigenvalue weighted by Crippen LogP contribution is 2.41. The van der Waals surface area contributed by atoms with E-state index in [1.807, 2.05) is 54.6 Å². The fraction of sp³-hybridized carbons (Fsp3) is 0.111. The molecule has 0 bridgehead atoms. The van der Waals surface area contributed by atoms with Crippen molar-refractivity contribution < 1.29 is 9.53 Å². The van der Waals surface area contributed by atoms with Crippen LogP contribution in [-0.4, -0.2) is 21.9 Å². The van der Waals surface area contributed by atoms with Gasteiger partial charge >= 0.3 is 0 Å². The highest BCUT2D eigenvalue weighted by Gasteiger charge is 2.25. The third kappa shape index (κ3) is 3.00. The van der Waals surface area contributed by atoms with E-state index in [4.69, 9.17) is 4.74 Å². The molecule has 1 aromatic heterocycles. The van der Waals surface area contributed by atoms with Crippen LogP contribution in [0.4, 0.5) is 5.82 Å². The number of carbonyl (C=O) groups excluding carboxylic acids is 1. The third-order valence-electron chi connectivity index (χ3n) is 3.74. The van der Waals surface area contributed by atoms with E-state index in [9.17, 15) is 4.79 Å². The zero-order valence-electron chi connectivity index (χ0n) is 12.7. The van der Waals surface area contributed by atoms with Gasteiger partial charge in [-0.2, -0.15) is 5.10 Å². The molecule has 1 aliphatic rings. The van der Waals surface area contributed by atoms with Crippen LogP contribution in [0.1, 0.15) is 16.4 Å². The number of thioether (sulfide) groups is 1. The molecular weight excluding hydrogens is 322 g/mol. The predicted molar refractivity (Wildman–Crippen MR) is 94.5 cm³/mol. The van der Waals surface area contributed by atoms with Crippen molar-refractivity contribution in [3.63, 3.8) is 0 Å².